The lowest BCUT2D eigenvalue weighted by Crippen LogP contribution is -2.33. The van der Waals surface area contributed by atoms with Gasteiger partial charge in [0.2, 0.25) is 11.7 Å². The molecule has 0 bridgehead atoms. The van der Waals surface area contributed by atoms with Crippen molar-refractivity contribution in [2.24, 2.45) is 0 Å². The van der Waals surface area contributed by atoms with Crippen LogP contribution in [0.4, 0.5) is 22.0 Å². The zero-order valence-electron chi connectivity index (χ0n) is 14.6. The summed E-state index contributed by atoms with van der Waals surface area (Å²) in [7, 11) is 0.830. The van der Waals surface area contributed by atoms with Gasteiger partial charge in [0.1, 0.15) is 0 Å². The van der Waals surface area contributed by atoms with Crippen molar-refractivity contribution < 1.29 is 31.4 Å². The Morgan fingerprint density at radius 2 is 1.82 bits per heavy atom. The summed E-state index contributed by atoms with van der Waals surface area (Å²) in [5.74, 6) is -0.956. The second kappa shape index (κ2) is 7.26. The van der Waals surface area contributed by atoms with Crippen molar-refractivity contribution in [1.29, 1.82) is 0 Å². The molecule has 12 heteroatoms. The molecule has 0 unspecified atom stereocenters. The average molecular weight is 403 g/mol. The summed E-state index contributed by atoms with van der Waals surface area (Å²) in [5, 5.41) is 7.00. The van der Waals surface area contributed by atoms with E-state index in [1.54, 1.807) is 0 Å². The molecule has 0 N–H and O–H groups in total. The van der Waals surface area contributed by atoms with Gasteiger partial charge >= 0.3 is 12.3 Å². The molecule has 0 spiro atoms. The normalized spacial score (nSPS) is 13.7. The van der Waals surface area contributed by atoms with Crippen molar-refractivity contribution >= 4 is 5.65 Å². The first-order chi connectivity index (χ1) is 13.2. The van der Waals surface area contributed by atoms with Gasteiger partial charge in [-0.1, -0.05) is 6.92 Å². The van der Waals surface area contributed by atoms with Crippen LogP contribution >= 0.6 is 0 Å². The number of nitrogens with zero attached hydrogens (tertiary/aromatic N) is 5. The number of alkyl halides is 5. The van der Waals surface area contributed by atoms with Gasteiger partial charge in [-0.3, -0.25) is 9.38 Å². The van der Waals surface area contributed by atoms with E-state index in [9.17, 15) is 22.0 Å². The molecule has 3 aromatic heterocycles. The number of hydrogen-bond donors (Lipinski definition) is 0. The molecule has 0 aliphatic carbocycles. The zero-order valence-corrected chi connectivity index (χ0v) is 14.6. The van der Waals surface area contributed by atoms with Crippen molar-refractivity contribution in [2.45, 2.75) is 31.7 Å². The first-order valence-electron chi connectivity index (χ1n) is 7.99. The van der Waals surface area contributed by atoms with Gasteiger partial charge in [-0.15, -0.1) is 10.2 Å². The van der Waals surface area contributed by atoms with Crippen LogP contribution in [0, 0.1) is 0 Å². The maximum Gasteiger partial charge on any atom is 0.425 e. The van der Waals surface area contributed by atoms with Gasteiger partial charge in [-0.05, 0) is 12.5 Å². The van der Waals surface area contributed by atoms with E-state index in [0.29, 0.717) is 5.56 Å². The number of aromatic nitrogens is 5. The topological polar surface area (TPSA) is 74.4 Å². The molecule has 0 fully saturated rings. The summed E-state index contributed by atoms with van der Waals surface area (Å²) in [6.07, 6.45) is -6.73. The standard InChI is InChI=1S/C16H14F5N5O2/c1-3-11(15(17,18)19)28-13-5-4-9(6-23-13)10-8-26-12(7-22-10)24-25-14(26)16(20,21)27-2/h4-8,11H,3H2,1-2H3/t11-/m0/s1. The minimum atomic E-state index is -4.51. The first-order valence-corrected chi connectivity index (χ1v) is 7.99. The Morgan fingerprint density at radius 1 is 1.07 bits per heavy atom. The Hall–Kier alpha value is -2.89. The zero-order chi connectivity index (χ0) is 20.5. The molecular formula is C16H14F5N5O2. The van der Waals surface area contributed by atoms with E-state index in [0.717, 1.165) is 11.5 Å². The lowest BCUT2D eigenvalue weighted by atomic mass is 10.2. The van der Waals surface area contributed by atoms with Crippen molar-refractivity contribution in [1.82, 2.24) is 24.6 Å². The Morgan fingerprint density at radius 3 is 2.39 bits per heavy atom. The summed E-state index contributed by atoms with van der Waals surface area (Å²) < 4.78 is 75.9. The molecule has 0 aliphatic rings. The van der Waals surface area contributed by atoms with Gasteiger partial charge in [-0.2, -0.15) is 22.0 Å². The Labute approximate surface area is 155 Å². The van der Waals surface area contributed by atoms with Crippen LogP contribution in [0.25, 0.3) is 16.9 Å². The van der Waals surface area contributed by atoms with Crippen molar-refractivity contribution in [3.63, 3.8) is 0 Å². The molecular weight excluding hydrogens is 389 g/mol. The fourth-order valence-corrected chi connectivity index (χ4v) is 2.37. The summed E-state index contributed by atoms with van der Waals surface area (Å²) in [6, 6.07) is 2.66. The number of fused-ring (bicyclic) bond motifs is 1. The Bertz CT molecular complexity index is 958. The van der Waals surface area contributed by atoms with E-state index in [1.807, 2.05) is 0 Å². The van der Waals surface area contributed by atoms with E-state index in [-0.39, 0.29) is 23.6 Å². The highest BCUT2D eigenvalue weighted by Gasteiger charge is 2.40. The molecule has 3 heterocycles. The highest BCUT2D eigenvalue weighted by molar-refractivity contribution is 5.59. The van der Waals surface area contributed by atoms with Gasteiger partial charge in [0.25, 0.3) is 0 Å². The minimum absolute atomic E-state index is 0.0688. The number of rotatable bonds is 6. The van der Waals surface area contributed by atoms with Crippen molar-refractivity contribution in [2.75, 3.05) is 7.11 Å². The first kappa shape index (κ1) is 19.9. The van der Waals surface area contributed by atoms with Gasteiger partial charge in [-0.25, -0.2) is 4.98 Å². The molecule has 0 aromatic carbocycles. The molecule has 3 rings (SSSR count). The van der Waals surface area contributed by atoms with E-state index >= 15 is 0 Å². The number of pyridine rings is 1. The Balaban J connectivity index is 1.90. The molecule has 0 aliphatic heterocycles. The fraction of sp³-hybridized carbons (Fsp3) is 0.375. The van der Waals surface area contributed by atoms with E-state index in [2.05, 4.69) is 24.9 Å². The highest BCUT2D eigenvalue weighted by Crippen LogP contribution is 2.29. The monoisotopic (exact) mass is 403 g/mol. The molecule has 0 amide bonds. The molecule has 0 saturated heterocycles. The van der Waals surface area contributed by atoms with Crippen LogP contribution in [0.5, 0.6) is 5.88 Å². The maximum atomic E-state index is 13.8. The molecule has 150 valence electrons. The van der Waals surface area contributed by atoms with E-state index in [4.69, 9.17) is 4.74 Å². The smallest absolute Gasteiger partial charge is 0.425 e. The van der Waals surface area contributed by atoms with Gasteiger partial charge in [0.15, 0.2) is 11.8 Å². The predicted molar refractivity (Wildman–Crippen MR) is 85.7 cm³/mol. The third-order valence-corrected chi connectivity index (χ3v) is 3.84. The number of methoxy groups -OCH3 is 1. The van der Waals surface area contributed by atoms with Crippen LogP contribution in [-0.4, -0.2) is 44.0 Å². The maximum absolute atomic E-state index is 13.8. The highest BCUT2D eigenvalue weighted by atomic mass is 19.4. The number of hydrogen-bond acceptors (Lipinski definition) is 6. The number of ether oxygens (including phenoxy) is 2. The summed E-state index contributed by atoms with van der Waals surface area (Å²) in [5.41, 5.74) is 0.663. The second-order valence-corrected chi connectivity index (χ2v) is 5.69. The third-order valence-electron chi connectivity index (χ3n) is 3.84. The summed E-state index contributed by atoms with van der Waals surface area (Å²) in [6.45, 7) is 1.35. The van der Waals surface area contributed by atoms with Crippen LogP contribution in [-0.2, 0) is 10.8 Å². The quantitative estimate of drug-likeness (QED) is 0.586. The van der Waals surface area contributed by atoms with Crippen LogP contribution in [0.1, 0.15) is 19.2 Å². The molecule has 7 nitrogen and oxygen atoms in total. The predicted octanol–water partition coefficient (Wildman–Crippen LogP) is 3.60. The van der Waals surface area contributed by atoms with Gasteiger partial charge in [0.05, 0.1) is 11.9 Å². The number of halogens is 5. The fourth-order valence-electron chi connectivity index (χ4n) is 2.37. The minimum Gasteiger partial charge on any atom is -0.465 e. The van der Waals surface area contributed by atoms with Crippen LogP contribution in [0.2, 0.25) is 0 Å². The molecule has 0 saturated carbocycles. The molecule has 3 aromatic rings. The molecule has 0 radical (unpaired) electrons. The van der Waals surface area contributed by atoms with E-state index in [1.165, 1.54) is 37.6 Å². The van der Waals surface area contributed by atoms with Crippen molar-refractivity contribution in [3.05, 3.63) is 36.5 Å². The van der Waals surface area contributed by atoms with Gasteiger partial charge < -0.3 is 9.47 Å². The molecule has 28 heavy (non-hydrogen) atoms. The summed E-state index contributed by atoms with van der Waals surface area (Å²) >= 11 is 0. The van der Waals surface area contributed by atoms with Crippen LogP contribution in [0.15, 0.2) is 30.7 Å². The lowest BCUT2D eigenvalue weighted by molar-refractivity contribution is -0.237. The lowest BCUT2D eigenvalue weighted by Gasteiger charge is -2.19. The summed E-state index contributed by atoms with van der Waals surface area (Å²) in [4.78, 5) is 7.91. The SMILES string of the molecule is CC[C@H](Oc1ccc(-c2cn3c(C(F)(F)OC)nnc3cn2)cn1)C(F)(F)F. The van der Waals surface area contributed by atoms with Gasteiger partial charge in [0, 0.05) is 31.1 Å². The third kappa shape index (κ3) is 3.86. The van der Waals surface area contributed by atoms with Crippen LogP contribution in [0.3, 0.4) is 0 Å². The average Bonchev–Trinajstić information content (AvgIpc) is 3.09. The van der Waals surface area contributed by atoms with Crippen molar-refractivity contribution in [3.8, 4) is 17.1 Å². The Kier molecular flexibility index (Phi) is 5.15. The second-order valence-electron chi connectivity index (χ2n) is 5.69. The largest absolute Gasteiger partial charge is 0.465 e. The van der Waals surface area contributed by atoms with Crippen LogP contribution < -0.4 is 4.74 Å². The molecule has 1 atom stereocenters. The van der Waals surface area contributed by atoms with E-state index < -0.39 is 24.2 Å².